The molecule has 1 amide bonds. The average molecular weight is 306 g/mol. The van der Waals surface area contributed by atoms with Gasteiger partial charge in [0.2, 0.25) is 5.91 Å². The normalized spacial score (nSPS) is 13.5. The maximum Gasteiger partial charge on any atom is 0.224 e. The van der Waals surface area contributed by atoms with E-state index in [1.807, 2.05) is 0 Å². The van der Waals surface area contributed by atoms with E-state index in [1.165, 1.54) is 6.07 Å². The molecule has 4 N–H and O–H groups in total. The van der Waals surface area contributed by atoms with Gasteiger partial charge in [-0.3, -0.25) is 4.79 Å². The Morgan fingerprint density at radius 3 is 2.86 bits per heavy atom. The molecule has 4 nitrogen and oxygen atoms in total. The fourth-order valence-corrected chi connectivity index (χ4v) is 2.48. The third-order valence-corrected chi connectivity index (χ3v) is 3.68. The van der Waals surface area contributed by atoms with Crippen LogP contribution in [0.3, 0.4) is 0 Å². The second kappa shape index (κ2) is 5.26. The Morgan fingerprint density at radius 2 is 2.05 bits per heavy atom. The number of amides is 1. The van der Waals surface area contributed by atoms with Crippen molar-refractivity contribution in [3.8, 4) is 0 Å². The zero-order chi connectivity index (χ0) is 15.0. The molecule has 6 heteroatoms. The first kappa shape index (κ1) is 13.7. The molecule has 0 bridgehead atoms. The van der Waals surface area contributed by atoms with E-state index in [2.05, 4.69) is 10.6 Å². The molecule has 0 saturated heterocycles. The Morgan fingerprint density at radius 1 is 1.24 bits per heavy atom. The number of nitrogens with two attached hydrogens (primary N) is 1. The number of carbonyl (C=O) groups is 1. The van der Waals surface area contributed by atoms with E-state index in [0.717, 1.165) is 5.56 Å². The van der Waals surface area contributed by atoms with Crippen molar-refractivity contribution in [3.05, 3.63) is 46.7 Å². The minimum atomic E-state index is -0.541. The minimum Gasteiger partial charge on any atom is -0.397 e. The molecule has 0 fully saturated rings. The molecule has 1 heterocycles. The van der Waals surface area contributed by atoms with Crippen molar-refractivity contribution in [1.29, 1.82) is 0 Å². The number of hydrogen-bond donors (Lipinski definition) is 3. The van der Waals surface area contributed by atoms with Gasteiger partial charge in [-0.05, 0) is 36.2 Å². The third kappa shape index (κ3) is 2.64. The first-order valence-electron chi connectivity index (χ1n) is 6.48. The Balaban J connectivity index is 1.97. The van der Waals surface area contributed by atoms with Crippen molar-refractivity contribution in [2.45, 2.75) is 12.8 Å². The summed E-state index contributed by atoms with van der Waals surface area (Å²) in [6.07, 6.45) is 1.10. The van der Waals surface area contributed by atoms with Crippen molar-refractivity contribution >= 4 is 40.3 Å². The van der Waals surface area contributed by atoms with Gasteiger partial charge < -0.3 is 16.4 Å². The van der Waals surface area contributed by atoms with Gasteiger partial charge in [0.1, 0.15) is 0 Å². The van der Waals surface area contributed by atoms with Crippen molar-refractivity contribution in [2.75, 3.05) is 16.4 Å². The van der Waals surface area contributed by atoms with E-state index >= 15 is 0 Å². The smallest absolute Gasteiger partial charge is 0.224 e. The first-order valence-corrected chi connectivity index (χ1v) is 6.85. The highest BCUT2D eigenvalue weighted by atomic mass is 35.5. The standard InChI is InChI=1S/C15H13ClFN3O/c16-9-2-1-3-11(15(9)17)19-13-7-12-8(6-10(13)18)4-5-14(21)20-12/h1-3,6-7,19H,4-5,18H2,(H,20,21). The van der Waals surface area contributed by atoms with Crippen LogP contribution in [0, 0.1) is 5.82 Å². The summed E-state index contributed by atoms with van der Waals surface area (Å²) in [6, 6.07) is 8.18. The Kier molecular flexibility index (Phi) is 3.43. The molecular formula is C15H13ClFN3O. The van der Waals surface area contributed by atoms with Crippen LogP contribution in [0.5, 0.6) is 0 Å². The fraction of sp³-hybridized carbons (Fsp3) is 0.133. The lowest BCUT2D eigenvalue weighted by Crippen LogP contribution is -2.19. The lowest BCUT2D eigenvalue weighted by Gasteiger charge is -2.20. The molecule has 108 valence electrons. The summed E-state index contributed by atoms with van der Waals surface area (Å²) < 4.78 is 13.9. The zero-order valence-corrected chi connectivity index (χ0v) is 11.8. The summed E-state index contributed by atoms with van der Waals surface area (Å²) in [5.74, 6) is -0.576. The summed E-state index contributed by atoms with van der Waals surface area (Å²) in [7, 11) is 0. The molecule has 0 aromatic heterocycles. The summed E-state index contributed by atoms with van der Waals surface area (Å²) in [5.41, 5.74) is 8.91. The van der Waals surface area contributed by atoms with Gasteiger partial charge in [-0.25, -0.2) is 4.39 Å². The van der Waals surface area contributed by atoms with Crippen LogP contribution in [0.2, 0.25) is 5.02 Å². The molecule has 2 aromatic rings. The van der Waals surface area contributed by atoms with Gasteiger partial charge in [-0.2, -0.15) is 0 Å². The molecule has 0 unspecified atom stereocenters. The molecule has 2 aromatic carbocycles. The van der Waals surface area contributed by atoms with Crippen LogP contribution in [0.15, 0.2) is 30.3 Å². The maximum absolute atomic E-state index is 13.9. The number of nitrogen functional groups attached to an aromatic ring is 1. The molecule has 0 saturated carbocycles. The molecule has 0 spiro atoms. The average Bonchev–Trinajstić information content (AvgIpc) is 2.45. The lowest BCUT2D eigenvalue weighted by molar-refractivity contribution is -0.116. The molecule has 1 aliphatic heterocycles. The van der Waals surface area contributed by atoms with E-state index in [-0.39, 0.29) is 16.6 Å². The van der Waals surface area contributed by atoms with Crippen molar-refractivity contribution in [1.82, 2.24) is 0 Å². The Labute approximate surface area is 126 Å². The van der Waals surface area contributed by atoms with Gasteiger partial charge >= 0.3 is 0 Å². The number of anilines is 4. The summed E-state index contributed by atoms with van der Waals surface area (Å²) >= 11 is 5.75. The number of halogens is 2. The zero-order valence-electron chi connectivity index (χ0n) is 11.0. The van der Waals surface area contributed by atoms with E-state index in [4.69, 9.17) is 17.3 Å². The summed E-state index contributed by atoms with van der Waals surface area (Å²) in [4.78, 5) is 11.4. The van der Waals surface area contributed by atoms with E-state index < -0.39 is 5.82 Å². The molecule has 0 radical (unpaired) electrons. The molecule has 21 heavy (non-hydrogen) atoms. The maximum atomic E-state index is 13.9. The van der Waals surface area contributed by atoms with Gasteiger partial charge in [0, 0.05) is 12.1 Å². The topological polar surface area (TPSA) is 67.2 Å². The Hall–Kier alpha value is -2.27. The summed E-state index contributed by atoms with van der Waals surface area (Å²) in [5, 5.41) is 5.73. The highest BCUT2D eigenvalue weighted by Crippen LogP contribution is 2.34. The first-order chi connectivity index (χ1) is 10.0. The number of rotatable bonds is 2. The van der Waals surface area contributed by atoms with Crippen LogP contribution in [0.4, 0.5) is 27.1 Å². The van der Waals surface area contributed by atoms with Crippen LogP contribution in [-0.2, 0) is 11.2 Å². The number of hydrogen-bond acceptors (Lipinski definition) is 3. The lowest BCUT2D eigenvalue weighted by atomic mass is 10.0. The number of benzene rings is 2. The predicted molar refractivity (Wildman–Crippen MR) is 82.5 cm³/mol. The van der Waals surface area contributed by atoms with Crippen molar-refractivity contribution in [2.24, 2.45) is 0 Å². The van der Waals surface area contributed by atoms with Crippen molar-refractivity contribution < 1.29 is 9.18 Å². The minimum absolute atomic E-state index is 0.0323. The van der Waals surface area contributed by atoms with Crippen LogP contribution in [-0.4, -0.2) is 5.91 Å². The van der Waals surface area contributed by atoms with E-state index in [1.54, 1.807) is 24.3 Å². The fourth-order valence-electron chi connectivity index (χ4n) is 2.30. The Bertz CT molecular complexity index is 733. The molecule has 3 rings (SSSR count). The van der Waals surface area contributed by atoms with Gasteiger partial charge in [0.25, 0.3) is 0 Å². The number of aryl methyl sites for hydroxylation is 1. The highest BCUT2D eigenvalue weighted by molar-refractivity contribution is 6.31. The second-order valence-corrected chi connectivity index (χ2v) is 5.28. The van der Waals surface area contributed by atoms with Gasteiger partial charge in [0.05, 0.1) is 22.1 Å². The van der Waals surface area contributed by atoms with Crippen LogP contribution < -0.4 is 16.4 Å². The van der Waals surface area contributed by atoms with Crippen LogP contribution in [0.25, 0.3) is 0 Å². The molecular weight excluding hydrogens is 293 g/mol. The summed E-state index contributed by atoms with van der Waals surface area (Å²) in [6.45, 7) is 0. The third-order valence-electron chi connectivity index (χ3n) is 3.39. The monoisotopic (exact) mass is 305 g/mol. The van der Waals surface area contributed by atoms with E-state index in [0.29, 0.717) is 29.9 Å². The molecule has 0 aliphatic carbocycles. The number of carbonyl (C=O) groups excluding carboxylic acids is 1. The second-order valence-electron chi connectivity index (χ2n) is 4.87. The SMILES string of the molecule is Nc1cc2c(cc1Nc1cccc(Cl)c1F)NC(=O)CC2. The van der Waals surface area contributed by atoms with Gasteiger partial charge in [0.15, 0.2) is 5.82 Å². The molecule has 0 atom stereocenters. The quantitative estimate of drug-likeness (QED) is 0.741. The number of fused-ring (bicyclic) bond motifs is 1. The van der Waals surface area contributed by atoms with E-state index in [9.17, 15) is 9.18 Å². The largest absolute Gasteiger partial charge is 0.397 e. The van der Waals surface area contributed by atoms with Crippen LogP contribution in [0.1, 0.15) is 12.0 Å². The van der Waals surface area contributed by atoms with Gasteiger partial charge in [-0.15, -0.1) is 0 Å². The highest BCUT2D eigenvalue weighted by Gasteiger charge is 2.17. The van der Waals surface area contributed by atoms with Crippen LogP contribution >= 0.6 is 11.6 Å². The predicted octanol–water partition coefficient (Wildman–Crippen LogP) is 3.69. The number of nitrogens with one attached hydrogen (secondary N) is 2. The van der Waals surface area contributed by atoms with Gasteiger partial charge in [-0.1, -0.05) is 17.7 Å². The van der Waals surface area contributed by atoms with Crippen molar-refractivity contribution in [3.63, 3.8) is 0 Å². The molecule has 1 aliphatic rings.